The van der Waals surface area contributed by atoms with Crippen LogP contribution in [0.4, 0.5) is 10.5 Å². The molecule has 2 atom stereocenters. The number of H-pyrrole nitrogens is 1. The third-order valence-corrected chi connectivity index (χ3v) is 5.91. The molecular formula is C22H19N5O2. The largest absolute Gasteiger partial charge is 0.357 e. The van der Waals surface area contributed by atoms with Gasteiger partial charge in [0.05, 0.1) is 18.0 Å². The van der Waals surface area contributed by atoms with Crippen molar-refractivity contribution in [2.75, 3.05) is 11.9 Å². The van der Waals surface area contributed by atoms with Gasteiger partial charge in [0.15, 0.2) is 0 Å². The zero-order valence-electron chi connectivity index (χ0n) is 15.6. The molecule has 29 heavy (non-hydrogen) atoms. The predicted molar refractivity (Wildman–Crippen MR) is 108 cm³/mol. The quantitative estimate of drug-likeness (QED) is 0.632. The Morgan fingerprint density at radius 3 is 2.86 bits per heavy atom. The number of carbonyl (C=O) groups excluding carboxylic acids is 2. The smallest absolute Gasteiger partial charge is 0.318 e. The number of carbonyl (C=O) groups is 2. The summed E-state index contributed by atoms with van der Waals surface area (Å²) in [6, 6.07) is 18.6. The van der Waals surface area contributed by atoms with Crippen LogP contribution in [0.25, 0.3) is 10.9 Å². The van der Waals surface area contributed by atoms with Gasteiger partial charge in [-0.3, -0.25) is 4.79 Å². The highest BCUT2D eigenvalue weighted by molar-refractivity contribution is 6.07. The fraction of sp³-hybridized carbons (Fsp3) is 0.227. The second kappa shape index (κ2) is 6.38. The number of benzene rings is 2. The van der Waals surface area contributed by atoms with Gasteiger partial charge < -0.3 is 20.5 Å². The lowest BCUT2D eigenvalue weighted by molar-refractivity contribution is -0.120. The van der Waals surface area contributed by atoms with Crippen LogP contribution in [-0.2, 0) is 16.8 Å². The molecule has 3 aromatic rings. The summed E-state index contributed by atoms with van der Waals surface area (Å²) >= 11 is 0. The first-order chi connectivity index (χ1) is 14.1. The van der Waals surface area contributed by atoms with Gasteiger partial charge in [0.1, 0.15) is 6.04 Å². The minimum atomic E-state index is -0.866. The molecule has 0 saturated carbocycles. The number of urea groups is 1. The predicted octanol–water partition coefficient (Wildman–Crippen LogP) is 2.87. The molecule has 2 aliphatic heterocycles. The third-order valence-electron chi connectivity index (χ3n) is 5.91. The zero-order chi connectivity index (χ0) is 20.0. The van der Waals surface area contributed by atoms with E-state index in [0.717, 1.165) is 27.8 Å². The van der Waals surface area contributed by atoms with E-state index in [2.05, 4.69) is 21.7 Å². The molecule has 2 aliphatic rings. The molecule has 1 spiro atoms. The van der Waals surface area contributed by atoms with Crippen molar-refractivity contribution in [1.29, 1.82) is 5.26 Å². The van der Waals surface area contributed by atoms with Gasteiger partial charge in [-0.15, -0.1) is 0 Å². The fourth-order valence-corrected chi connectivity index (χ4v) is 4.47. The highest BCUT2D eigenvalue weighted by atomic mass is 16.2. The van der Waals surface area contributed by atoms with E-state index in [1.54, 1.807) is 0 Å². The van der Waals surface area contributed by atoms with Crippen LogP contribution in [0.5, 0.6) is 0 Å². The minimum Gasteiger partial charge on any atom is -0.357 e. The molecule has 2 aromatic carbocycles. The Bertz CT molecular complexity index is 1140. The Labute approximate surface area is 167 Å². The maximum absolute atomic E-state index is 12.9. The summed E-state index contributed by atoms with van der Waals surface area (Å²) in [5, 5.41) is 16.5. The fourth-order valence-electron chi connectivity index (χ4n) is 4.47. The number of para-hydroxylation sites is 2. The van der Waals surface area contributed by atoms with Crippen molar-refractivity contribution < 1.29 is 9.59 Å². The SMILES string of the molecule is N#C[C@@H]1C[C@@]2(CN1C(=O)NCc1cc3ccccc3[nH]1)C(=O)Nc1ccccc12. The van der Waals surface area contributed by atoms with Crippen LogP contribution in [-0.4, -0.2) is 34.4 Å². The summed E-state index contributed by atoms with van der Waals surface area (Å²) in [6.45, 7) is 0.505. The highest BCUT2D eigenvalue weighted by Crippen LogP contribution is 2.46. The molecule has 1 saturated heterocycles. The lowest BCUT2D eigenvalue weighted by atomic mass is 9.80. The van der Waals surface area contributed by atoms with Gasteiger partial charge in [-0.05, 0) is 29.1 Å². The Kier molecular flexibility index (Phi) is 3.81. The average molecular weight is 385 g/mol. The average Bonchev–Trinajstić information content (AvgIpc) is 3.41. The molecule has 0 aliphatic carbocycles. The van der Waals surface area contributed by atoms with Crippen molar-refractivity contribution >= 4 is 28.5 Å². The number of nitrogens with zero attached hydrogens (tertiary/aromatic N) is 2. The zero-order valence-corrected chi connectivity index (χ0v) is 15.6. The highest BCUT2D eigenvalue weighted by Gasteiger charge is 2.55. The van der Waals surface area contributed by atoms with Crippen LogP contribution >= 0.6 is 0 Å². The number of hydrogen-bond donors (Lipinski definition) is 3. The lowest BCUT2D eigenvalue weighted by Gasteiger charge is -2.23. The van der Waals surface area contributed by atoms with Crippen molar-refractivity contribution in [1.82, 2.24) is 15.2 Å². The van der Waals surface area contributed by atoms with Crippen LogP contribution in [0.2, 0.25) is 0 Å². The van der Waals surface area contributed by atoms with Crippen molar-refractivity contribution in [2.24, 2.45) is 0 Å². The number of nitriles is 1. The minimum absolute atomic E-state index is 0.148. The maximum Gasteiger partial charge on any atom is 0.318 e. The number of likely N-dealkylation sites (tertiary alicyclic amines) is 1. The Hall–Kier alpha value is -3.79. The summed E-state index contributed by atoms with van der Waals surface area (Å²) in [4.78, 5) is 30.4. The second-order valence-corrected chi connectivity index (χ2v) is 7.60. The number of rotatable bonds is 2. The molecule has 3 heterocycles. The molecule has 7 heteroatoms. The molecule has 0 bridgehead atoms. The first kappa shape index (κ1) is 17.3. The molecule has 3 N–H and O–H groups in total. The van der Waals surface area contributed by atoms with E-state index >= 15 is 0 Å². The molecule has 7 nitrogen and oxygen atoms in total. The van der Waals surface area contributed by atoms with Gasteiger partial charge in [0.25, 0.3) is 0 Å². The number of fused-ring (bicyclic) bond motifs is 3. The molecule has 144 valence electrons. The van der Waals surface area contributed by atoms with Crippen molar-refractivity contribution in [3.05, 3.63) is 65.9 Å². The topological polar surface area (TPSA) is 101 Å². The first-order valence-electron chi connectivity index (χ1n) is 9.52. The molecule has 0 unspecified atom stereocenters. The van der Waals surface area contributed by atoms with Crippen LogP contribution in [0, 0.1) is 11.3 Å². The van der Waals surface area contributed by atoms with E-state index in [4.69, 9.17) is 0 Å². The first-order valence-corrected chi connectivity index (χ1v) is 9.52. The summed E-state index contributed by atoms with van der Waals surface area (Å²) < 4.78 is 0. The Balaban J connectivity index is 1.36. The number of nitrogens with one attached hydrogen (secondary N) is 3. The number of amides is 3. The van der Waals surface area contributed by atoms with Crippen LogP contribution in [0.15, 0.2) is 54.6 Å². The molecule has 1 aromatic heterocycles. The van der Waals surface area contributed by atoms with Gasteiger partial charge >= 0.3 is 6.03 Å². The molecule has 5 rings (SSSR count). The van der Waals surface area contributed by atoms with Gasteiger partial charge in [-0.25, -0.2) is 4.79 Å². The van der Waals surface area contributed by atoms with E-state index in [0.29, 0.717) is 13.0 Å². The van der Waals surface area contributed by atoms with Crippen LogP contribution < -0.4 is 10.6 Å². The van der Waals surface area contributed by atoms with Crippen molar-refractivity contribution in [3.63, 3.8) is 0 Å². The van der Waals surface area contributed by atoms with E-state index in [9.17, 15) is 14.9 Å². The molecule has 0 radical (unpaired) electrons. The van der Waals surface area contributed by atoms with Crippen LogP contribution in [0.3, 0.4) is 0 Å². The second-order valence-electron chi connectivity index (χ2n) is 7.60. The summed E-state index contributed by atoms with van der Waals surface area (Å²) in [5.41, 5.74) is 2.64. The van der Waals surface area contributed by atoms with Crippen molar-refractivity contribution in [3.8, 4) is 6.07 Å². The number of hydrogen-bond acceptors (Lipinski definition) is 3. The van der Waals surface area contributed by atoms with E-state index in [1.165, 1.54) is 4.90 Å². The molecular weight excluding hydrogens is 366 g/mol. The monoisotopic (exact) mass is 385 g/mol. The number of aromatic nitrogens is 1. The van der Waals surface area contributed by atoms with E-state index in [1.807, 2.05) is 54.6 Å². The van der Waals surface area contributed by atoms with Gasteiger partial charge in [-0.2, -0.15) is 5.26 Å². The Morgan fingerprint density at radius 2 is 2.03 bits per heavy atom. The van der Waals surface area contributed by atoms with E-state index < -0.39 is 11.5 Å². The number of anilines is 1. The van der Waals surface area contributed by atoms with Gasteiger partial charge in [0.2, 0.25) is 5.91 Å². The van der Waals surface area contributed by atoms with Gasteiger partial charge in [0, 0.05) is 29.9 Å². The lowest BCUT2D eigenvalue weighted by Crippen LogP contribution is -2.44. The third kappa shape index (κ3) is 2.64. The standard InChI is InChI=1S/C22H19N5O2/c23-11-16-10-22(17-6-2-4-8-19(17)26-20(22)28)13-27(16)21(29)24-12-15-9-14-5-1-3-7-18(14)25-15/h1-9,16,25H,10,12-13H2,(H,24,29)(H,26,28)/t16-,22-/m0/s1. The Morgan fingerprint density at radius 1 is 1.24 bits per heavy atom. The maximum atomic E-state index is 12.9. The molecule has 3 amide bonds. The van der Waals surface area contributed by atoms with Gasteiger partial charge in [-0.1, -0.05) is 36.4 Å². The number of aromatic amines is 1. The normalized spacial score (nSPS) is 22.5. The van der Waals surface area contributed by atoms with Crippen LogP contribution in [0.1, 0.15) is 17.7 Å². The van der Waals surface area contributed by atoms with Crippen molar-refractivity contribution in [2.45, 2.75) is 24.4 Å². The summed E-state index contributed by atoms with van der Waals surface area (Å²) in [7, 11) is 0. The summed E-state index contributed by atoms with van der Waals surface area (Å²) in [6.07, 6.45) is 0.298. The summed E-state index contributed by atoms with van der Waals surface area (Å²) in [5.74, 6) is -0.148. The molecule has 1 fully saturated rings. The van der Waals surface area contributed by atoms with E-state index in [-0.39, 0.29) is 18.5 Å².